The number of carbonyl (C=O) groups excluding carboxylic acids is 2. The molecular weight excluding hydrogens is 454 g/mol. The van der Waals surface area contributed by atoms with Crippen molar-refractivity contribution in [3.8, 4) is 5.75 Å². The van der Waals surface area contributed by atoms with Gasteiger partial charge in [-0.25, -0.2) is 18.2 Å². The lowest BCUT2D eigenvalue weighted by Crippen LogP contribution is -2.33. The second kappa shape index (κ2) is 10.0. The van der Waals surface area contributed by atoms with Crippen LogP contribution in [0.2, 0.25) is 0 Å². The van der Waals surface area contributed by atoms with E-state index in [-0.39, 0.29) is 36.1 Å². The van der Waals surface area contributed by atoms with Crippen LogP contribution in [-0.2, 0) is 21.2 Å². The van der Waals surface area contributed by atoms with Crippen LogP contribution >= 0.6 is 0 Å². The number of rotatable bonds is 9. The average Bonchev–Trinajstić information content (AvgIpc) is 3.46. The van der Waals surface area contributed by atoms with Gasteiger partial charge in [-0.15, -0.1) is 0 Å². The minimum Gasteiger partial charge on any atom is -0.497 e. The number of carboxylic acid groups (broad SMARTS) is 1. The number of ether oxygens (including phenoxy) is 1. The van der Waals surface area contributed by atoms with E-state index in [1.54, 1.807) is 23.1 Å². The molecule has 12 heteroatoms. The Kier molecular flexibility index (Phi) is 7.36. The summed E-state index contributed by atoms with van der Waals surface area (Å²) in [6.45, 7) is 1.84. The van der Waals surface area contributed by atoms with Crippen molar-refractivity contribution in [2.75, 3.05) is 19.4 Å². The Bertz CT molecular complexity index is 1160. The Hall–Kier alpha value is -3.41. The highest BCUT2D eigenvalue weighted by Gasteiger charge is 2.35. The van der Waals surface area contributed by atoms with Crippen LogP contribution in [0.3, 0.4) is 0 Å². The Balaban J connectivity index is 1.83. The summed E-state index contributed by atoms with van der Waals surface area (Å²) in [6, 6.07) is 4.35. The summed E-state index contributed by atoms with van der Waals surface area (Å²) in [5.74, 6) is -1.85. The van der Waals surface area contributed by atoms with Crippen molar-refractivity contribution in [2.45, 2.75) is 38.6 Å². The van der Waals surface area contributed by atoms with Crippen molar-refractivity contribution in [2.24, 2.45) is 0 Å². The number of hydrogen-bond donors (Lipinski definition) is 2. The van der Waals surface area contributed by atoms with Gasteiger partial charge in [-0.05, 0) is 43.9 Å². The van der Waals surface area contributed by atoms with Crippen LogP contribution in [0, 0.1) is 0 Å². The highest BCUT2D eigenvalue weighted by Crippen LogP contribution is 2.34. The molecule has 1 saturated heterocycles. The molecule has 1 atom stereocenters. The molecule has 2 amide bonds. The van der Waals surface area contributed by atoms with Gasteiger partial charge in [0.25, 0.3) is 5.91 Å². The zero-order chi connectivity index (χ0) is 24.2. The van der Waals surface area contributed by atoms with Gasteiger partial charge in [0.15, 0.2) is 5.69 Å². The van der Waals surface area contributed by atoms with Gasteiger partial charge in [0.05, 0.1) is 12.9 Å². The Morgan fingerprint density at radius 1 is 1.33 bits per heavy atom. The van der Waals surface area contributed by atoms with Crippen molar-refractivity contribution in [3.63, 3.8) is 0 Å². The fourth-order valence-electron chi connectivity index (χ4n) is 3.60. The molecule has 2 aromatic rings. The third-order valence-electron chi connectivity index (χ3n) is 5.36. The van der Waals surface area contributed by atoms with E-state index >= 15 is 0 Å². The molecule has 0 unspecified atom stereocenters. The van der Waals surface area contributed by atoms with Crippen LogP contribution < -0.4 is 9.46 Å². The van der Waals surface area contributed by atoms with Gasteiger partial charge >= 0.3 is 5.97 Å². The van der Waals surface area contributed by atoms with E-state index in [2.05, 4.69) is 4.98 Å². The summed E-state index contributed by atoms with van der Waals surface area (Å²) in [4.78, 5) is 42.2. The summed E-state index contributed by atoms with van der Waals surface area (Å²) in [5.41, 5.74) is 0.617. The van der Waals surface area contributed by atoms with Crippen molar-refractivity contribution in [3.05, 3.63) is 47.2 Å². The molecule has 0 bridgehead atoms. The fourth-order valence-corrected chi connectivity index (χ4v) is 4.20. The zero-order valence-corrected chi connectivity index (χ0v) is 19.1. The van der Waals surface area contributed by atoms with E-state index in [1.165, 1.54) is 14.0 Å². The third kappa shape index (κ3) is 5.69. The summed E-state index contributed by atoms with van der Waals surface area (Å²) in [6.07, 6.45) is 2.28. The fraction of sp³-hybridized carbons (Fsp3) is 0.429. The molecular formula is C21H25N3O8S. The monoisotopic (exact) mass is 479 g/mol. The van der Waals surface area contributed by atoms with Crippen LogP contribution in [0.25, 0.3) is 0 Å². The average molecular weight is 480 g/mol. The number of hydrogen-bond acceptors (Lipinski definition) is 8. The maximum atomic E-state index is 13.5. The lowest BCUT2D eigenvalue weighted by Gasteiger charge is -2.24. The maximum Gasteiger partial charge on any atom is 0.357 e. The summed E-state index contributed by atoms with van der Waals surface area (Å²) in [5, 5.41) is 9.09. The molecule has 0 radical (unpaired) electrons. The number of benzene rings is 1. The molecule has 33 heavy (non-hydrogen) atoms. The number of aromatic nitrogens is 1. The van der Waals surface area contributed by atoms with Gasteiger partial charge in [-0.1, -0.05) is 6.07 Å². The van der Waals surface area contributed by atoms with E-state index in [0.717, 1.165) is 6.26 Å². The van der Waals surface area contributed by atoms with E-state index in [9.17, 15) is 22.8 Å². The highest BCUT2D eigenvalue weighted by molar-refractivity contribution is 7.90. The second-order valence-corrected chi connectivity index (χ2v) is 9.50. The van der Waals surface area contributed by atoms with Crippen molar-refractivity contribution >= 4 is 27.8 Å². The van der Waals surface area contributed by atoms with Gasteiger partial charge < -0.3 is 19.2 Å². The van der Waals surface area contributed by atoms with Crippen LogP contribution in [0.1, 0.15) is 64.5 Å². The molecule has 1 aliphatic rings. The number of aromatic carboxylic acids is 1. The first kappa shape index (κ1) is 24.2. The Labute approximate surface area is 190 Å². The van der Waals surface area contributed by atoms with E-state index in [1.807, 2.05) is 4.72 Å². The molecule has 11 nitrogen and oxygen atoms in total. The van der Waals surface area contributed by atoms with Gasteiger partial charge in [0.1, 0.15) is 18.1 Å². The molecule has 1 aliphatic heterocycles. The van der Waals surface area contributed by atoms with Gasteiger partial charge in [-0.2, -0.15) is 0 Å². The normalized spacial score (nSPS) is 15.9. The molecule has 1 aromatic carbocycles. The minimum absolute atomic E-state index is 0.128. The molecule has 0 aliphatic carbocycles. The molecule has 0 saturated carbocycles. The number of oxazole rings is 1. The molecule has 2 heterocycles. The minimum atomic E-state index is -3.67. The third-order valence-corrected chi connectivity index (χ3v) is 6.66. The van der Waals surface area contributed by atoms with E-state index in [0.29, 0.717) is 36.3 Å². The Morgan fingerprint density at radius 2 is 2.09 bits per heavy atom. The van der Waals surface area contributed by atoms with Crippen LogP contribution in [0.5, 0.6) is 5.75 Å². The number of carboxylic acids is 1. The SMILES string of the molecule is CCS(=O)(=O)NC(=O)CCc1ccc(OC)cc1C(=O)N1CCC[C@H]1c1nc(C(=O)O)co1. The van der Waals surface area contributed by atoms with E-state index in [4.69, 9.17) is 14.3 Å². The van der Waals surface area contributed by atoms with Gasteiger partial charge in [-0.3, -0.25) is 14.3 Å². The van der Waals surface area contributed by atoms with Crippen molar-refractivity contribution in [1.82, 2.24) is 14.6 Å². The largest absolute Gasteiger partial charge is 0.497 e. The first-order valence-corrected chi connectivity index (χ1v) is 12.0. The summed E-state index contributed by atoms with van der Waals surface area (Å²) < 4.78 is 35.8. The summed E-state index contributed by atoms with van der Waals surface area (Å²) >= 11 is 0. The number of carbonyl (C=O) groups is 3. The van der Waals surface area contributed by atoms with Crippen LogP contribution in [-0.4, -0.2) is 60.6 Å². The lowest BCUT2D eigenvalue weighted by atomic mass is 10.0. The molecule has 1 aromatic heterocycles. The number of nitrogens with zero attached hydrogens (tertiary/aromatic N) is 2. The molecule has 1 fully saturated rings. The number of sulfonamides is 1. The lowest BCUT2D eigenvalue weighted by molar-refractivity contribution is -0.119. The molecule has 3 rings (SSSR count). The number of aryl methyl sites for hydroxylation is 1. The highest BCUT2D eigenvalue weighted by atomic mass is 32.2. The Morgan fingerprint density at radius 3 is 2.73 bits per heavy atom. The second-order valence-electron chi connectivity index (χ2n) is 7.48. The topological polar surface area (TPSA) is 156 Å². The standard InChI is InChI=1S/C21H25N3O8S/c1-3-33(29,30)23-18(25)9-7-13-6-8-14(31-2)11-15(13)20(26)24-10-4-5-17(24)19-22-16(12-32-19)21(27)28/h6,8,11-12,17H,3-5,7,9-10H2,1-2H3,(H,23,25)(H,27,28)/t17-/m0/s1. The van der Waals surface area contributed by atoms with Crippen LogP contribution in [0.15, 0.2) is 28.9 Å². The first-order chi connectivity index (χ1) is 15.6. The summed E-state index contributed by atoms with van der Waals surface area (Å²) in [7, 11) is -2.21. The molecule has 0 spiro atoms. The first-order valence-electron chi connectivity index (χ1n) is 10.3. The zero-order valence-electron chi connectivity index (χ0n) is 18.2. The van der Waals surface area contributed by atoms with Gasteiger partial charge in [0, 0.05) is 18.5 Å². The number of nitrogens with one attached hydrogen (secondary N) is 1. The quantitative estimate of drug-likeness (QED) is 0.547. The smallest absolute Gasteiger partial charge is 0.357 e. The predicted molar refractivity (Wildman–Crippen MR) is 115 cm³/mol. The maximum absolute atomic E-state index is 13.5. The number of likely N-dealkylation sites (tertiary alicyclic amines) is 1. The van der Waals surface area contributed by atoms with E-state index < -0.39 is 27.9 Å². The number of amides is 2. The molecule has 178 valence electrons. The van der Waals surface area contributed by atoms with Crippen molar-refractivity contribution in [1.29, 1.82) is 0 Å². The van der Waals surface area contributed by atoms with Gasteiger partial charge in [0.2, 0.25) is 21.8 Å². The van der Waals surface area contributed by atoms with Crippen molar-refractivity contribution < 1.29 is 37.1 Å². The predicted octanol–water partition coefficient (Wildman–Crippen LogP) is 1.76. The number of methoxy groups -OCH3 is 1. The molecule has 2 N–H and O–H groups in total. The van der Waals surface area contributed by atoms with Crippen LogP contribution in [0.4, 0.5) is 0 Å².